The van der Waals surface area contributed by atoms with Crippen LogP contribution in [0.5, 0.6) is 5.75 Å². The number of alkyl halides is 2. The van der Waals surface area contributed by atoms with Crippen LogP contribution in [0.1, 0.15) is 63.5 Å². The van der Waals surface area contributed by atoms with Crippen LogP contribution in [-0.2, 0) is 20.7 Å². The standard InChI is InChI=1S/C24H30Br2O4/c1-13-12-23(3)19(9-10-24(23,30-14(2)27)21(28)22(25)26)18-7-5-15-11-16(29-4)6-8-17(15)20(13)18/h6,8,11,13,18-20,22H,5,7,9-10,12H2,1-4H3/t13?,18?,19?,20?,23?,24-/m1/s1. The zero-order chi connectivity index (χ0) is 21.8. The van der Waals surface area contributed by atoms with Crippen molar-refractivity contribution in [2.24, 2.45) is 23.2 Å². The summed E-state index contributed by atoms with van der Waals surface area (Å²) < 4.78 is 10.9. The first-order valence-electron chi connectivity index (χ1n) is 10.8. The molecule has 5 unspecified atom stereocenters. The number of Topliss-reactive ketones (excluding diaryl/α,β-unsaturated/α-hetero) is 1. The summed E-state index contributed by atoms with van der Waals surface area (Å²) in [5, 5.41) is 0. The highest BCUT2D eigenvalue weighted by Gasteiger charge is 2.68. The molecule has 0 bridgehead atoms. The zero-order valence-corrected chi connectivity index (χ0v) is 21.2. The van der Waals surface area contributed by atoms with Crippen LogP contribution >= 0.6 is 31.9 Å². The van der Waals surface area contributed by atoms with E-state index >= 15 is 0 Å². The first kappa shape index (κ1) is 22.3. The molecule has 3 aliphatic carbocycles. The summed E-state index contributed by atoms with van der Waals surface area (Å²) in [5.41, 5.74) is 1.41. The summed E-state index contributed by atoms with van der Waals surface area (Å²) >= 11 is 6.80. The van der Waals surface area contributed by atoms with E-state index in [0.29, 0.717) is 30.1 Å². The van der Waals surface area contributed by atoms with E-state index < -0.39 is 9.34 Å². The van der Waals surface area contributed by atoms with Crippen LogP contribution in [0.25, 0.3) is 0 Å². The molecule has 2 fully saturated rings. The van der Waals surface area contributed by atoms with Gasteiger partial charge in [0, 0.05) is 12.3 Å². The number of carbonyl (C=O) groups excluding carboxylic acids is 2. The van der Waals surface area contributed by atoms with Gasteiger partial charge in [0.15, 0.2) is 5.60 Å². The van der Waals surface area contributed by atoms with Gasteiger partial charge in [-0.25, -0.2) is 0 Å². The predicted molar refractivity (Wildman–Crippen MR) is 123 cm³/mol. The third-order valence-electron chi connectivity index (χ3n) is 8.26. The molecule has 0 N–H and O–H groups in total. The van der Waals surface area contributed by atoms with Crippen molar-refractivity contribution in [1.29, 1.82) is 0 Å². The van der Waals surface area contributed by atoms with Crippen LogP contribution in [0.2, 0.25) is 0 Å². The molecule has 0 saturated heterocycles. The molecule has 4 nitrogen and oxygen atoms in total. The van der Waals surface area contributed by atoms with Gasteiger partial charge in [0.1, 0.15) is 9.49 Å². The van der Waals surface area contributed by atoms with Crippen LogP contribution in [0.15, 0.2) is 18.2 Å². The molecule has 164 valence electrons. The van der Waals surface area contributed by atoms with E-state index in [9.17, 15) is 9.59 Å². The lowest BCUT2D eigenvalue weighted by atomic mass is 9.50. The van der Waals surface area contributed by atoms with Crippen LogP contribution in [-0.4, -0.2) is 28.2 Å². The first-order chi connectivity index (χ1) is 14.1. The maximum atomic E-state index is 13.4. The van der Waals surface area contributed by atoms with Crippen LogP contribution in [0.3, 0.4) is 0 Å². The average Bonchev–Trinajstić information content (AvgIpc) is 2.98. The molecule has 1 aromatic rings. The summed E-state index contributed by atoms with van der Waals surface area (Å²) in [6, 6.07) is 6.51. The van der Waals surface area contributed by atoms with Gasteiger partial charge in [0.25, 0.3) is 0 Å². The quantitative estimate of drug-likeness (QED) is 0.358. The number of benzene rings is 1. The summed E-state index contributed by atoms with van der Waals surface area (Å²) in [7, 11) is 1.72. The minimum atomic E-state index is -1.07. The molecular weight excluding hydrogens is 512 g/mol. The summed E-state index contributed by atoms with van der Waals surface area (Å²) in [6.07, 6.45) is 4.52. The lowest BCUT2D eigenvalue weighted by Crippen LogP contribution is -2.59. The largest absolute Gasteiger partial charge is 0.497 e. The van der Waals surface area contributed by atoms with Gasteiger partial charge in [-0.2, -0.15) is 0 Å². The van der Waals surface area contributed by atoms with E-state index in [1.54, 1.807) is 7.11 Å². The van der Waals surface area contributed by atoms with Crippen molar-refractivity contribution in [3.05, 3.63) is 29.3 Å². The van der Waals surface area contributed by atoms with Gasteiger partial charge in [-0.3, -0.25) is 9.59 Å². The highest BCUT2D eigenvalue weighted by molar-refractivity contribution is 9.25. The third kappa shape index (κ3) is 3.19. The monoisotopic (exact) mass is 540 g/mol. The number of ketones is 1. The Morgan fingerprint density at radius 3 is 2.60 bits per heavy atom. The topological polar surface area (TPSA) is 52.6 Å². The van der Waals surface area contributed by atoms with Gasteiger partial charge in [0.05, 0.1) is 7.11 Å². The van der Waals surface area contributed by atoms with Crippen molar-refractivity contribution in [1.82, 2.24) is 0 Å². The van der Waals surface area contributed by atoms with E-state index in [4.69, 9.17) is 9.47 Å². The number of hydrogen-bond donors (Lipinski definition) is 0. The van der Waals surface area contributed by atoms with Crippen LogP contribution in [0.4, 0.5) is 0 Å². The number of aryl methyl sites for hydroxylation is 1. The van der Waals surface area contributed by atoms with E-state index in [0.717, 1.165) is 31.4 Å². The Labute approximate surface area is 195 Å². The normalized spacial score (nSPS) is 37.2. The fourth-order valence-electron chi connectivity index (χ4n) is 7.27. The van der Waals surface area contributed by atoms with Gasteiger partial charge in [0.2, 0.25) is 5.78 Å². The summed E-state index contributed by atoms with van der Waals surface area (Å²) in [6.45, 7) is 5.92. The first-order valence-corrected chi connectivity index (χ1v) is 12.7. The van der Waals surface area contributed by atoms with Crippen molar-refractivity contribution in [2.75, 3.05) is 7.11 Å². The zero-order valence-electron chi connectivity index (χ0n) is 18.0. The summed E-state index contributed by atoms with van der Waals surface area (Å²) in [4.78, 5) is 25.5. The van der Waals surface area contributed by atoms with Crippen LogP contribution < -0.4 is 4.74 Å². The number of carbonyl (C=O) groups is 2. The lowest BCUT2D eigenvalue weighted by Gasteiger charge is -2.56. The second kappa shape index (κ2) is 7.91. The van der Waals surface area contributed by atoms with Gasteiger partial charge in [-0.05, 0) is 79.0 Å². The summed E-state index contributed by atoms with van der Waals surface area (Å²) in [5.74, 6) is 2.21. The average molecular weight is 542 g/mol. The molecule has 0 aromatic heterocycles. The number of fused-ring (bicyclic) bond motifs is 5. The van der Waals surface area contributed by atoms with Gasteiger partial charge >= 0.3 is 5.97 Å². The van der Waals surface area contributed by atoms with E-state index in [1.807, 2.05) is 0 Å². The fourth-order valence-corrected chi connectivity index (χ4v) is 8.01. The number of ether oxygens (including phenoxy) is 2. The van der Waals surface area contributed by atoms with Crippen molar-refractivity contribution in [2.45, 2.75) is 68.1 Å². The molecule has 4 rings (SSSR count). The number of hydrogen-bond acceptors (Lipinski definition) is 4. The highest BCUT2D eigenvalue weighted by Crippen LogP contribution is 2.67. The Bertz CT molecular complexity index is 869. The minimum absolute atomic E-state index is 0.0608. The molecule has 6 atom stereocenters. The molecule has 0 radical (unpaired) electrons. The predicted octanol–water partition coefficient (Wildman–Crippen LogP) is 5.78. The Balaban J connectivity index is 1.76. The SMILES string of the molecule is COc1ccc2c(c1)CCC1C2C(C)CC2(C)C1CC[C@@]2(OC(C)=O)C(=O)C(Br)Br. The Hall–Kier alpha value is -0.880. The van der Waals surface area contributed by atoms with Gasteiger partial charge < -0.3 is 9.47 Å². The maximum Gasteiger partial charge on any atom is 0.303 e. The molecule has 3 aliphatic rings. The van der Waals surface area contributed by atoms with Crippen LogP contribution in [0, 0.1) is 23.2 Å². The molecule has 6 heteroatoms. The highest BCUT2D eigenvalue weighted by atomic mass is 79.9. The lowest BCUT2D eigenvalue weighted by molar-refractivity contribution is -0.186. The Morgan fingerprint density at radius 2 is 1.97 bits per heavy atom. The van der Waals surface area contributed by atoms with E-state index in [1.165, 1.54) is 18.1 Å². The van der Waals surface area contributed by atoms with Crippen molar-refractivity contribution in [3.8, 4) is 5.75 Å². The number of halogens is 2. The molecule has 0 amide bonds. The number of esters is 1. The third-order valence-corrected chi connectivity index (χ3v) is 9.09. The molecule has 0 heterocycles. The molecule has 2 saturated carbocycles. The maximum absolute atomic E-state index is 13.4. The molecular formula is C24H30Br2O4. The van der Waals surface area contributed by atoms with Gasteiger partial charge in [-0.1, -0.05) is 51.8 Å². The molecule has 1 aromatic carbocycles. The second-order valence-electron chi connectivity index (χ2n) is 9.62. The molecule has 0 aliphatic heterocycles. The minimum Gasteiger partial charge on any atom is -0.497 e. The van der Waals surface area contributed by atoms with Crippen molar-refractivity contribution >= 4 is 43.6 Å². The van der Waals surface area contributed by atoms with Gasteiger partial charge in [-0.15, -0.1) is 0 Å². The van der Waals surface area contributed by atoms with Crippen molar-refractivity contribution < 1.29 is 19.1 Å². The molecule has 30 heavy (non-hydrogen) atoms. The second-order valence-corrected chi connectivity index (χ2v) is 12.7. The molecule has 0 spiro atoms. The van der Waals surface area contributed by atoms with E-state index in [-0.39, 0.29) is 17.2 Å². The number of rotatable bonds is 4. The smallest absolute Gasteiger partial charge is 0.303 e. The van der Waals surface area contributed by atoms with Crippen molar-refractivity contribution in [3.63, 3.8) is 0 Å². The Kier molecular flexibility index (Phi) is 5.89. The Morgan fingerprint density at radius 1 is 1.23 bits per heavy atom. The van der Waals surface area contributed by atoms with E-state index in [2.05, 4.69) is 63.9 Å². The fraction of sp³-hybridized carbons (Fsp3) is 0.667. The number of methoxy groups -OCH3 is 1.